The van der Waals surface area contributed by atoms with Crippen molar-refractivity contribution in [3.63, 3.8) is 0 Å². The Kier molecular flexibility index (Phi) is 5.04. The summed E-state index contributed by atoms with van der Waals surface area (Å²) in [5.74, 6) is 0.655. The molecule has 2 aliphatic rings. The predicted octanol–water partition coefficient (Wildman–Crippen LogP) is 5.73. The maximum atomic E-state index is 14.0. The summed E-state index contributed by atoms with van der Waals surface area (Å²) >= 11 is 0. The average molecular weight is 480 g/mol. The number of fused-ring (bicyclic) bond motifs is 4. The zero-order valence-electron chi connectivity index (χ0n) is 19.8. The van der Waals surface area contributed by atoms with Crippen LogP contribution in [-0.2, 0) is 12.8 Å². The molecule has 0 bridgehead atoms. The summed E-state index contributed by atoms with van der Waals surface area (Å²) in [4.78, 5) is 17.3. The molecule has 0 saturated carbocycles. The van der Waals surface area contributed by atoms with E-state index in [-0.39, 0.29) is 6.04 Å². The second-order valence-corrected chi connectivity index (χ2v) is 9.74. The normalized spacial score (nSPS) is 17.8. The van der Waals surface area contributed by atoms with Crippen molar-refractivity contribution in [1.82, 2.24) is 29.5 Å². The van der Waals surface area contributed by atoms with Gasteiger partial charge >= 0.3 is 0 Å². The Hall–Kier alpha value is -4.07. The van der Waals surface area contributed by atoms with Gasteiger partial charge in [-0.05, 0) is 68.2 Å². The van der Waals surface area contributed by atoms with Gasteiger partial charge in [0.25, 0.3) is 0 Å². The van der Waals surface area contributed by atoms with Crippen molar-refractivity contribution < 1.29 is 4.39 Å². The highest BCUT2D eigenvalue weighted by Crippen LogP contribution is 2.33. The fraction of sp³-hybridized carbons (Fsp3) is 0.286. The number of nitrogens with one attached hydrogen (secondary N) is 2. The van der Waals surface area contributed by atoms with E-state index < -0.39 is 5.82 Å². The van der Waals surface area contributed by atoms with E-state index in [1.54, 1.807) is 10.7 Å². The van der Waals surface area contributed by atoms with Crippen LogP contribution in [0, 0.1) is 5.82 Å². The lowest BCUT2D eigenvalue weighted by atomic mass is 9.91. The summed E-state index contributed by atoms with van der Waals surface area (Å²) in [6.45, 7) is 0. The number of hydrogen-bond donors (Lipinski definition) is 2. The van der Waals surface area contributed by atoms with Crippen molar-refractivity contribution in [3.05, 3.63) is 77.6 Å². The maximum absolute atomic E-state index is 14.0. The quantitative estimate of drug-likeness (QED) is 0.344. The van der Waals surface area contributed by atoms with Crippen molar-refractivity contribution in [2.75, 3.05) is 5.32 Å². The molecule has 36 heavy (non-hydrogen) atoms. The zero-order valence-corrected chi connectivity index (χ0v) is 19.8. The molecule has 7 rings (SSSR count). The summed E-state index contributed by atoms with van der Waals surface area (Å²) in [7, 11) is 0. The van der Waals surface area contributed by atoms with Gasteiger partial charge < -0.3 is 10.3 Å². The van der Waals surface area contributed by atoms with E-state index >= 15 is 0 Å². The number of aromatic nitrogens is 6. The molecule has 1 atom stereocenters. The first-order valence-electron chi connectivity index (χ1n) is 12.6. The molecule has 2 aliphatic carbocycles. The largest absolute Gasteiger partial charge is 0.358 e. The Morgan fingerprint density at radius 3 is 2.89 bits per heavy atom. The van der Waals surface area contributed by atoms with Crippen LogP contribution in [0.3, 0.4) is 0 Å². The van der Waals surface area contributed by atoms with Crippen LogP contribution < -0.4 is 5.32 Å². The molecule has 2 N–H and O–H groups in total. The minimum Gasteiger partial charge on any atom is -0.358 e. The van der Waals surface area contributed by atoms with Gasteiger partial charge in [0, 0.05) is 40.0 Å². The highest BCUT2D eigenvalue weighted by Gasteiger charge is 2.25. The van der Waals surface area contributed by atoms with Crippen LogP contribution in [-0.4, -0.2) is 35.6 Å². The number of rotatable bonds is 4. The third kappa shape index (κ3) is 3.64. The van der Waals surface area contributed by atoms with E-state index in [0.717, 1.165) is 49.7 Å². The lowest BCUT2D eigenvalue weighted by molar-refractivity contribution is 0.599. The van der Waals surface area contributed by atoms with E-state index in [1.165, 1.54) is 46.4 Å². The number of benzene rings is 1. The Bertz CT molecular complexity index is 1630. The van der Waals surface area contributed by atoms with Crippen LogP contribution in [0.5, 0.6) is 0 Å². The number of hydrogen-bond acceptors (Lipinski definition) is 5. The standard InChI is InChI=1S/C28H26FN7/c29-19-12-18(14-30-15-19)26-34-27-23(17-6-2-1-3-7-17)16-31-36(27)28(35-26)32-20-10-11-25-22(13-20)21-8-4-5-9-24(21)33-25/h4-6,8-9,12,14-16,20,33H,1-3,7,10-11,13H2,(H,32,34,35)/t20-/m1/s1. The van der Waals surface area contributed by atoms with Gasteiger partial charge in [0.15, 0.2) is 11.5 Å². The second kappa shape index (κ2) is 8.55. The molecule has 180 valence electrons. The Morgan fingerprint density at radius 1 is 1.06 bits per heavy atom. The van der Waals surface area contributed by atoms with Crippen LogP contribution in [0.15, 0.2) is 55.0 Å². The molecule has 0 amide bonds. The number of anilines is 1. The van der Waals surface area contributed by atoms with Crippen LogP contribution in [0.1, 0.15) is 48.9 Å². The van der Waals surface area contributed by atoms with E-state index in [4.69, 9.17) is 9.97 Å². The van der Waals surface area contributed by atoms with Gasteiger partial charge in [0.1, 0.15) is 5.82 Å². The van der Waals surface area contributed by atoms with E-state index in [0.29, 0.717) is 17.3 Å². The molecule has 5 aromatic rings. The molecular formula is C28H26FN7. The third-order valence-electron chi connectivity index (χ3n) is 7.40. The second-order valence-electron chi connectivity index (χ2n) is 9.74. The maximum Gasteiger partial charge on any atom is 0.228 e. The highest BCUT2D eigenvalue weighted by atomic mass is 19.1. The van der Waals surface area contributed by atoms with Crippen molar-refractivity contribution in [2.45, 2.75) is 51.0 Å². The minimum absolute atomic E-state index is 0.190. The average Bonchev–Trinajstić information content (AvgIpc) is 3.51. The van der Waals surface area contributed by atoms with Crippen molar-refractivity contribution in [2.24, 2.45) is 0 Å². The van der Waals surface area contributed by atoms with E-state index in [9.17, 15) is 4.39 Å². The van der Waals surface area contributed by atoms with Crippen LogP contribution in [0.2, 0.25) is 0 Å². The van der Waals surface area contributed by atoms with Crippen molar-refractivity contribution in [3.8, 4) is 11.4 Å². The number of aryl methyl sites for hydroxylation is 1. The number of nitrogens with zero attached hydrogens (tertiary/aromatic N) is 5. The molecule has 7 nitrogen and oxygen atoms in total. The molecular weight excluding hydrogens is 453 g/mol. The summed E-state index contributed by atoms with van der Waals surface area (Å²) in [5.41, 5.74) is 7.45. The van der Waals surface area contributed by atoms with E-state index in [1.807, 2.05) is 6.20 Å². The number of H-pyrrole nitrogens is 1. The van der Waals surface area contributed by atoms with Gasteiger partial charge in [0.2, 0.25) is 5.95 Å². The van der Waals surface area contributed by atoms with Gasteiger partial charge in [-0.15, -0.1) is 0 Å². The Balaban J connectivity index is 1.31. The Morgan fingerprint density at radius 2 is 2.00 bits per heavy atom. The molecule has 0 aliphatic heterocycles. The molecule has 0 spiro atoms. The lowest BCUT2D eigenvalue weighted by Gasteiger charge is -2.24. The van der Waals surface area contributed by atoms with Gasteiger partial charge in [-0.2, -0.15) is 14.6 Å². The first-order valence-corrected chi connectivity index (χ1v) is 12.6. The number of aromatic amines is 1. The van der Waals surface area contributed by atoms with Gasteiger partial charge in [-0.3, -0.25) is 4.98 Å². The summed E-state index contributed by atoms with van der Waals surface area (Å²) < 4.78 is 15.8. The number of pyridine rings is 1. The molecule has 8 heteroatoms. The molecule has 0 saturated heterocycles. The molecule has 0 radical (unpaired) electrons. The van der Waals surface area contributed by atoms with Crippen LogP contribution in [0.25, 0.3) is 33.5 Å². The van der Waals surface area contributed by atoms with Gasteiger partial charge in [-0.1, -0.05) is 24.3 Å². The predicted molar refractivity (Wildman–Crippen MR) is 138 cm³/mol. The molecule has 1 aromatic carbocycles. The zero-order chi connectivity index (χ0) is 24.1. The summed E-state index contributed by atoms with van der Waals surface area (Å²) in [6, 6.07) is 10.1. The SMILES string of the molecule is Fc1cncc(-c2nc(N[C@@H]3CCc4[nH]c5ccccc5c4C3)n3ncc(C4=CCCCC4)c3n2)c1. The monoisotopic (exact) mass is 479 g/mol. The number of halogens is 1. The topological polar surface area (TPSA) is 83.8 Å². The highest BCUT2D eigenvalue weighted by molar-refractivity contribution is 5.85. The lowest BCUT2D eigenvalue weighted by Crippen LogP contribution is -2.29. The fourth-order valence-electron chi connectivity index (χ4n) is 5.62. The van der Waals surface area contributed by atoms with Crippen LogP contribution >= 0.6 is 0 Å². The van der Waals surface area contributed by atoms with Gasteiger partial charge in [-0.25, -0.2) is 9.37 Å². The van der Waals surface area contributed by atoms with E-state index in [2.05, 4.69) is 50.7 Å². The first kappa shape index (κ1) is 21.2. The van der Waals surface area contributed by atoms with Crippen molar-refractivity contribution in [1.29, 1.82) is 0 Å². The summed E-state index contributed by atoms with van der Waals surface area (Å²) in [5, 5.41) is 9.63. The molecule has 0 unspecified atom stereocenters. The number of allylic oxidation sites excluding steroid dienone is 2. The minimum atomic E-state index is -0.409. The van der Waals surface area contributed by atoms with Crippen LogP contribution in [0.4, 0.5) is 10.3 Å². The third-order valence-corrected chi connectivity index (χ3v) is 7.40. The Labute approximate surface area is 207 Å². The smallest absolute Gasteiger partial charge is 0.228 e. The number of para-hydroxylation sites is 1. The van der Waals surface area contributed by atoms with Crippen molar-refractivity contribution >= 4 is 28.1 Å². The fourth-order valence-corrected chi connectivity index (χ4v) is 5.62. The summed E-state index contributed by atoms with van der Waals surface area (Å²) in [6.07, 6.45) is 14.3. The molecule has 4 aromatic heterocycles. The molecule has 0 fully saturated rings. The first-order chi connectivity index (χ1) is 17.7. The molecule has 4 heterocycles. The van der Waals surface area contributed by atoms with Gasteiger partial charge in [0.05, 0.1) is 12.4 Å².